The molecule has 0 radical (unpaired) electrons. The molecular weight excluding hydrogens is 222 g/mol. The van der Waals surface area contributed by atoms with Crippen molar-refractivity contribution in [1.29, 1.82) is 0 Å². The maximum Gasteiger partial charge on any atom is 0.229 e. The zero-order valence-electron chi connectivity index (χ0n) is 9.44. The van der Waals surface area contributed by atoms with Gasteiger partial charge in [0.2, 0.25) is 5.28 Å². The molecule has 0 atom stereocenters. The number of aryl methyl sites for hydroxylation is 2. The van der Waals surface area contributed by atoms with Gasteiger partial charge in [-0.1, -0.05) is 31.5 Å². The first kappa shape index (κ1) is 11.1. The van der Waals surface area contributed by atoms with E-state index in [1.54, 1.807) is 0 Å². The van der Waals surface area contributed by atoms with Crippen LogP contribution >= 0.6 is 11.6 Å². The topological polar surface area (TPSA) is 30.7 Å². The van der Waals surface area contributed by atoms with Crippen LogP contribution < -0.4 is 0 Å². The molecule has 0 bridgehead atoms. The lowest BCUT2D eigenvalue weighted by molar-refractivity contribution is 0.885. The lowest BCUT2D eigenvalue weighted by Gasteiger charge is -2.10. The molecule has 84 valence electrons. The third-order valence-corrected chi connectivity index (χ3v) is 2.78. The summed E-state index contributed by atoms with van der Waals surface area (Å²) in [6, 6.07) is 8.22. The molecule has 1 aromatic heterocycles. The fourth-order valence-corrected chi connectivity index (χ4v) is 2.07. The third-order valence-electron chi connectivity index (χ3n) is 2.54. The highest BCUT2D eigenvalue weighted by molar-refractivity contribution is 6.28. The van der Waals surface area contributed by atoms with Crippen LogP contribution in [0.2, 0.25) is 5.28 Å². The van der Waals surface area contributed by atoms with Crippen LogP contribution in [0.3, 0.4) is 0 Å². The third kappa shape index (κ3) is 1.95. The van der Waals surface area contributed by atoms with Crippen LogP contribution in [0.4, 0.5) is 0 Å². The van der Waals surface area contributed by atoms with E-state index in [0.717, 1.165) is 24.4 Å². The van der Waals surface area contributed by atoms with Gasteiger partial charge in [0.25, 0.3) is 0 Å². The van der Waals surface area contributed by atoms with Gasteiger partial charge in [0.05, 0.1) is 5.69 Å². The van der Waals surface area contributed by atoms with Crippen LogP contribution in [-0.4, -0.2) is 14.8 Å². The quantitative estimate of drug-likeness (QED) is 0.818. The molecule has 0 saturated heterocycles. The fourth-order valence-electron chi connectivity index (χ4n) is 1.82. The number of hydrogen-bond donors (Lipinski definition) is 0. The van der Waals surface area contributed by atoms with Gasteiger partial charge in [-0.15, -0.1) is 10.2 Å². The normalized spacial score (nSPS) is 10.7. The molecule has 0 saturated carbocycles. The Bertz CT molecular complexity index is 471. The van der Waals surface area contributed by atoms with Gasteiger partial charge in [0, 0.05) is 0 Å². The zero-order valence-corrected chi connectivity index (χ0v) is 10.2. The molecule has 0 fully saturated rings. The summed E-state index contributed by atoms with van der Waals surface area (Å²) < 4.78 is 1.88. The van der Waals surface area contributed by atoms with E-state index in [0.29, 0.717) is 5.28 Å². The minimum Gasteiger partial charge on any atom is -0.270 e. The summed E-state index contributed by atoms with van der Waals surface area (Å²) in [5, 5.41) is 8.26. The molecule has 0 unspecified atom stereocenters. The summed E-state index contributed by atoms with van der Waals surface area (Å²) in [4.78, 5) is 0. The van der Waals surface area contributed by atoms with E-state index in [1.807, 2.05) is 29.7 Å². The summed E-state index contributed by atoms with van der Waals surface area (Å²) in [5.41, 5.74) is 2.35. The molecule has 0 aliphatic rings. The highest BCUT2D eigenvalue weighted by Crippen LogP contribution is 2.21. The van der Waals surface area contributed by atoms with Crippen molar-refractivity contribution in [2.75, 3.05) is 0 Å². The predicted octanol–water partition coefficient (Wildman–Crippen LogP) is 3.18. The average molecular weight is 236 g/mol. The van der Waals surface area contributed by atoms with E-state index in [9.17, 15) is 0 Å². The molecule has 0 aliphatic heterocycles. The van der Waals surface area contributed by atoms with Gasteiger partial charge in [0.15, 0.2) is 0 Å². The Balaban J connectivity index is 2.55. The van der Waals surface area contributed by atoms with E-state index in [4.69, 9.17) is 11.6 Å². The SMILES string of the molecule is CCCc1ccccc1-n1c(C)nnc1Cl. The maximum absolute atomic E-state index is 6.04. The van der Waals surface area contributed by atoms with Crippen molar-refractivity contribution in [2.45, 2.75) is 26.7 Å². The van der Waals surface area contributed by atoms with Crippen molar-refractivity contribution < 1.29 is 0 Å². The van der Waals surface area contributed by atoms with Gasteiger partial charge in [-0.3, -0.25) is 4.57 Å². The molecule has 0 aliphatic carbocycles. The Hall–Kier alpha value is -1.35. The van der Waals surface area contributed by atoms with Gasteiger partial charge in [-0.05, 0) is 36.6 Å². The van der Waals surface area contributed by atoms with Crippen LogP contribution in [0.1, 0.15) is 24.7 Å². The molecule has 0 amide bonds. The number of hydrogen-bond acceptors (Lipinski definition) is 2. The van der Waals surface area contributed by atoms with E-state index in [2.05, 4.69) is 23.2 Å². The van der Waals surface area contributed by atoms with Crippen molar-refractivity contribution in [3.8, 4) is 5.69 Å². The summed E-state index contributed by atoms with van der Waals surface area (Å²) in [6.07, 6.45) is 2.14. The monoisotopic (exact) mass is 235 g/mol. The molecular formula is C12H14ClN3. The van der Waals surface area contributed by atoms with Gasteiger partial charge >= 0.3 is 0 Å². The number of halogens is 1. The number of aromatic nitrogens is 3. The molecule has 1 aromatic carbocycles. The van der Waals surface area contributed by atoms with Crippen LogP contribution in [0, 0.1) is 6.92 Å². The van der Waals surface area contributed by atoms with E-state index in [-0.39, 0.29) is 0 Å². The minimum absolute atomic E-state index is 0.418. The number of rotatable bonds is 3. The Morgan fingerprint density at radius 1 is 1.25 bits per heavy atom. The maximum atomic E-state index is 6.04. The summed E-state index contributed by atoms with van der Waals surface area (Å²) >= 11 is 6.04. The second-order valence-electron chi connectivity index (χ2n) is 3.73. The first-order valence-corrected chi connectivity index (χ1v) is 5.77. The highest BCUT2D eigenvalue weighted by Gasteiger charge is 2.11. The van der Waals surface area contributed by atoms with Gasteiger partial charge in [0.1, 0.15) is 5.82 Å². The van der Waals surface area contributed by atoms with E-state index >= 15 is 0 Å². The number of para-hydroxylation sites is 1. The Morgan fingerprint density at radius 2 is 2.00 bits per heavy atom. The summed E-state index contributed by atoms with van der Waals surface area (Å²) in [6.45, 7) is 4.07. The molecule has 2 rings (SSSR count). The highest BCUT2D eigenvalue weighted by atomic mass is 35.5. The molecule has 4 heteroatoms. The second-order valence-corrected chi connectivity index (χ2v) is 4.07. The summed E-state index contributed by atoms with van der Waals surface area (Å²) in [5.74, 6) is 0.813. The Morgan fingerprint density at radius 3 is 2.62 bits per heavy atom. The standard InChI is InChI=1S/C12H14ClN3/c1-3-6-10-7-4-5-8-11(10)16-9(2)14-15-12(16)13/h4-5,7-8H,3,6H2,1-2H3. The minimum atomic E-state index is 0.418. The predicted molar refractivity (Wildman–Crippen MR) is 65.1 cm³/mol. The summed E-state index contributed by atoms with van der Waals surface area (Å²) in [7, 11) is 0. The molecule has 0 spiro atoms. The molecule has 3 nitrogen and oxygen atoms in total. The molecule has 2 aromatic rings. The average Bonchev–Trinajstić information content (AvgIpc) is 2.60. The van der Waals surface area contributed by atoms with Gasteiger partial charge < -0.3 is 0 Å². The van der Waals surface area contributed by atoms with Crippen molar-refractivity contribution in [3.05, 3.63) is 40.9 Å². The van der Waals surface area contributed by atoms with Crippen LogP contribution in [0.15, 0.2) is 24.3 Å². The lowest BCUT2D eigenvalue weighted by atomic mass is 10.1. The van der Waals surface area contributed by atoms with Crippen molar-refractivity contribution in [3.63, 3.8) is 0 Å². The van der Waals surface area contributed by atoms with E-state index in [1.165, 1.54) is 5.56 Å². The Kier molecular flexibility index (Phi) is 3.25. The zero-order chi connectivity index (χ0) is 11.5. The van der Waals surface area contributed by atoms with Gasteiger partial charge in [-0.25, -0.2) is 0 Å². The second kappa shape index (κ2) is 4.66. The number of nitrogens with zero attached hydrogens (tertiary/aromatic N) is 3. The first-order valence-electron chi connectivity index (χ1n) is 5.40. The molecule has 16 heavy (non-hydrogen) atoms. The largest absolute Gasteiger partial charge is 0.270 e. The lowest BCUT2D eigenvalue weighted by Crippen LogP contribution is -2.01. The smallest absolute Gasteiger partial charge is 0.229 e. The van der Waals surface area contributed by atoms with E-state index < -0.39 is 0 Å². The number of benzene rings is 1. The Labute approximate surface area is 100 Å². The molecule has 0 N–H and O–H groups in total. The molecule has 1 heterocycles. The van der Waals surface area contributed by atoms with Crippen molar-refractivity contribution in [2.24, 2.45) is 0 Å². The van der Waals surface area contributed by atoms with Crippen LogP contribution in [-0.2, 0) is 6.42 Å². The first-order chi connectivity index (χ1) is 7.74. The van der Waals surface area contributed by atoms with Gasteiger partial charge in [-0.2, -0.15) is 0 Å². The fraction of sp³-hybridized carbons (Fsp3) is 0.333. The van der Waals surface area contributed by atoms with Crippen LogP contribution in [0.25, 0.3) is 5.69 Å². The van der Waals surface area contributed by atoms with Crippen LogP contribution in [0.5, 0.6) is 0 Å². The van der Waals surface area contributed by atoms with Crippen molar-refractivity contribution in [1.82, 2.24) is 14.8 Å². The van der Waals surface area contributed by atoms with Crippen molar-refractivity contribution >= 4 is 11.6 Å².